The number of esters is 1. The van der Waals surface area contributed by atoms with Crippen LogP contribution >= 0.6 is 0 Å². The highest BCUT2D eigenvalue weighted by atomic mass is 16.6. The third-order valence-corrected chi connectivity index (χ3v) is 2.58. The van der Waals surface area contributed by atoms with Crippen LogP contribution in [0.1, 0.15) is 17.9 Å². The van der Waals surface area contributed by atoms with Crippen LogP contribution in [-0.2, 0) is 19.1 Å². The maximum Gasteiger partial charge on any atom is 0.306 e. The average molecular weight is 267 g/mol. The fourth-order valence-electron chi connectivity index (χ4n) is 1.58. The van der Waals surface area contributed by atoms with Crippen molar-refractivity contribution in [1.29, 1.82) is 0 Å². The van der Waals surface area contributed by atoms with E-state index in [0.29, 0.717) is 5.56 Å². The van der Waals surface area contributed by atoms with E-state index in [2.05, 4.69) is 9.47 Å². The Hall–Kier alpha value is -2.44. The standard InChI is InChI=1S/C12H13NO6/c1-18-12(15)6-10(7-19-8-14)9-2-4-11(5-3-9)13(16)17/h2-5,8,10H,6-7H2,1H3. The van der Waals surface area contributed by atoms with E-state index in [0.717, 1.165) is 0 Å². The molecule has 1 aromatic carbocycles. The van der Waals surface area contributed by atoms with Crippen LogP contribution < -0.4 is 0 Å². The molecule has 0 aliphatic carbocycles. The van der Waals surface area contributed by atoms with Crippen LogP contribution in [0.4, 0.5) is 5.69 Å². The number of hydrogen-bond acceptors (Lipinski definition) is 6. The lowest BCUT2D eigenvalue weighted by molar-refractivity contribution is -0.384. The number of non-ortho nitro benzene ring substituents is 1. The van der Waals surface area contributed by atoms with Crippen LogP contribution in [0.25, 0.3) is 0 Å². The quantitative estimate of drug-likeness (QED) is 0.321. The summed E-state index contributed by atoms with van der Waals surface area (Å²) in [5, 5.41) is 10.5. The maximum absolute atomic E-state index is 11.3. The predicted molar refractivity (Wildman–Crippen MR) is 64.5 cm³/mol. The van der Waals surface area contributed by atoms with Gasteiger partial charge in [-0.05, 0) is 5.56 Å². The normalized spacial score (nSPS) is 11.4. The monoisotopic (exact) mass is 267 g/mol. The van der Waals surface area contributed by atoms with Gasteiger partial charge in [0.25, 0.3) is 12.2 Å². The Kier molecular flexibility index (Phi) is 5.46. The Morgan fingerprint density at radius 2 is 2.05 bits per heavy atom. The van der Waals surface area contributed by atoms with Crippen LogP contribution in [0.15, 0.2) is 24.3 Å². The van der Waals surface area contributed by atoms with Crippen molar-refractivity contribution in [1.82, 2.24) is 0 Å². The number of benzene rings is 1. The largest absolute Gasteiger partial charge is 0.469 e. The average Bonchev–Trinajstić information content (AvgIpc) is 2.43. The van der Waals surface area contributed by atoms with E-state index in [1.807, 2.05) is 0 Å². The summed E-state index contributed by atoms with van der Waals surface area (Å²) in [7, 11) is 1.26. The molecule has 1 aromatic rings. The van der Waals surface area contributed by atoms with Gasteiger partial charge in [0.2, 0.25) is 0 Å². The Morgan fingerprint density at radius 1 is 1.42 bits per heavy atom. The van der Waals surface area contributed by atoms with E-state index in [1.54, 1.807) is 0 Å². The van der Waals surface area contributed by atoms with E-state index in [9.17, 15) is 19.7 Å². The zero-order valence-electron chi connectivity index (χ0n) is 10.3. The number of hydrogen-bond donors (Lipinski definition) is 0. The van der Waals surface area contributed by atoms with Crippen LogP contribution in [0.3, 0.4) is 0 Å². The molecule has 0 fully saturated rings. The van der Waals surface area contributed by atoms with Crippen LogP contribution in [0.5, 0.6) is 0 Å². The highest BCUT2D eigenvalue weighted by Gasteiger charge is 2.18. The second-order valence-corrected chi connectivity index (χ2v) is 3.76. The lowest BCUT2D eigenvalue weighted by atomic mass is 9.96. The van der Waals surface area contributed by atoms with Gasteiger partial charge in [0.1, 0.15) is 0 Å². The number of nitro groups is 1. The molecule has 1 rings (SSSR count). The van der Waals surface area contributed by atoms with E-state index in [4.69, 9.17) is 0 Å². The Labute approximate surface area is 109 Å². The second-order valence-electron chi connectivity index (χ2n) is 3.76. The summed E-state index contributed by atoms with van der Waals surface area (Å²) >= 11 is 0. The van der Waals surface area contributed by atoms with Crippen molar-refractivity contribution in [2.75, 3.05) is 13.7 Å². The summed E-state index contributed by atoms with van der Waals surface area (Å²) in [6, 6.07) is 5.72. The van der Waals surface area contributed by atoms with Gasteiger partial charge in [-0.1, -0.05) is 12.1 Å². The number of carbonyl (C=O) groups excluding carboxylic acids is 2. The van der Waals surface area contributed by atoms with Crippen molar-refractivity contribution in [3.05, 3.63) is 39.9 Å². The highest BCUT2D eigenvalue weighted by molar-refractivity contribution is 5.70. The first-order valence-corrected chi connectivity index (χ1v) is 5.45. The number of nitrogens with zero attached hydrogens (tertiary/aromatic N) is 1. The maximum atomic E-state index is 11.3. The number of methoxy groups -OCH3 is 1. The van der Waals surface area contributed by atoms with Crippen molar-refractivity contribution in [2.24, 2.45) is 0 Å². The van der Waals surface area contributed by atoms with Crippen molar-refractivity contribution in [2.45, 2.75) is 12.3 Å². The predicted octanol–water partition coefficient (Wildman–Crippen LogP) is 1.41. The lowest BCUT2D eigenvalue weighted by Gasteiger charge is -2.14. The van der Waals surface area contributed by atoms with Crippen LogP contribution in [0, 0.1) is 10.1 Å². The SMILES string of the molecule is COC(=O)CC(COC=O)c1ccc([N+](=O)[O-])cc1. The van der Waals surface area contributed by atoms with Crippen molar-refractivity contribution < 1.29 is 24.0 Å². The highest BCUT2D eigenvalue weighted by Crippen LogP contribution is 2.23. The van der Waals surface area contributed by atoms with Gasteiger partial charge >= 0.3 is 5.97 Å². The third-order valence-electron chi connectivity index (χ3n) is 2.58. The molecule has 0 saturated carbocycles. The molecule has 0 heterocycles. The van der Waals surface area contributed by atoms with Gasteiger partial charge in [-0.2, -0.15) is 0 Å². The smallest absolute Gasteiger partial charge is 0.306 e. The first-order chi connectivity index (χ1) is 9.08. The molecule has 19 heavy (non-hydrogen) atoms. The van der Waals surface area contributed by atoms with E-state index >= 15 is 0 Å². The van der Waals surface area contributed by atoms with Crippen LogP contribution in [-0.4, -0.2) is 31.1 Å². The minimum absolute atomic E-state index is 0.0103. The molecule has 0 radical (unpaired) electrons. The van der Waals surface area contributed by atoms with Gasteiger partial charge in [0, 0.05) is 18.1 Å². The molecule has 0 aliphatic heterocycles. The van der Waals surface area contributed by atoms with Gasteiger partial charge in [-0.3, -0.25) is 19.7 Å². The molecule has 0 bridgehead atoms. The zero-order chi connectivity index (χ0) is 14.3. The summed E-state index contributed by atoms with van der Waals surface area (Å²) in [6.07, 6.45) is 0.0299. The fourth-order valence-corrected chi connectivity index (χ4v) is 1.58. The molecule has 0 saturated heterocycles. The molecule has 0 amide bonds. The summed E-state index contributed by atoms with van der Waals surface area (Å²) < 4.78 is 9.20. The summed E-state index contributed by atoms with van der Waals surface area (Å²) in [5.74, 6) is -0.837. The first kappa shape index (κ1) is 14.6. The Bertz CT molecular complexity index is 456. The zero-order valence-corrected chi connectivity index (χ0v) is 10.3. The molecule has 1 atom stereocenters. The topological polar surface area (TPSA) is 95.7 Å². The molecule has 7 heteroatoms. The van der Waals surface area contributed by atoms with Crippen molar-refractivity contribution in [3.8, 4) is 0 Å². The first-order valence-electron chi connectivity index (χ1n) is 5.45. The molecule has 7 nitrogen and oxygen atoms in total. The van der Waals surface area contributed by atoms with Gasteiger partial charge in [-0.15, -0.1) is 0 Å². The minimum Gasteiger partial charge on any atom is -0.469 e. The number of ether oxygens (including phenoxy) is 2. The molecule has 0 spiro atoms. The minimum atomic E-state index is -0.513. The lowest BCUT2D eigenvalue weighted by Crippen LogP contribution is -2.14. The number of rotatable bonds is 7. The van der Waals surface area contributed by atoms with Gasteiger partial charge in [0.15, 0.2) is 0 Å². The van der Waals surface area contributed by atoms with Gasteiger partial charge in [0.05, 0.1) is 25.1 Å². The molecule has 1 unspecified atom stereocenters. The Balaban J connectivity index is 2.86. The second kappa shape index (κ2) is 7.10. The molecule has 102 valence electrons. The van der Waals surface area contributed by atoms with Crippen LogP contribution in [0.2, 0.25) is 0 Å². The Morgan fingerprint density at radius 3 is 2.53 bits per heavy atom. The number of carbonyl (C=O) groups is 2. The molecule has 0 aliphatic rings. The molecular formula is C12H13NO6. The van der Waals surface area contributed by atoms with E-state index in [-0.39, 0.29) is 25.2 Å². The van der Waals surface area contributed by atoms with Gasteiger partial charge in [-0.25, -0.2) is 0 Å². The summed E-state index contributed by atoms with van der Waals surface area (Å²) in [6.45, 7) is 0.298. The van der Waals surface area contributed by atoms with Crippen molar-refractivity contribution in [3.63, 3.8) is 0 Å². The molecule has 0 aromatic heterocycles. The number of nitro benzene ring substituents is 1. The van der Waals surface area contributed by atoms with Crippen molar-refractivity contribution >= 4 is 18.1 Å². The fraction of sp³-hybridized carbons (Fsp3) is 0.333. The van der Waals surface area contributed by atoms with Gasteiger partial charge < -0.3 is 9.47 Å². The van der Waals surface area contributed by atoms with E-state index < -0.39 is 16.8 Å². The van der Waals surface area contributed by atoms with E-state index in [1.165, 1.54) is 31.4 Å². The third kappa shape index (κ3) is 4.38. The molecule has 0 N–H and O–H groups in total. The summed E-state index contributed by atoms with van der Waals surface area (Å²) in [4.78, 5) is 31.5. The summed E-state index contributed by atoms with van der Waals surface area (Å²) in [5.41, 5.74) is 0.620. The molecular weight excluding hydrogens is 254 g/mol.